The summed E-state index contributed by atoms with van der Waals surface area (Å²) in [7, 11) is 0. The van der Waals surface area contributed by atoms with Gasteiger partial charge in [-0.25, -0.2) is 4.98 Å². The van der Waals surface area contributed by atoms with Gasteiger partial charge in [0, 0.05) is 17.9 Å². The standard InChI is InChI=1S/C19H17ClN2OS/c20-13-6-7-14-12(11-13)5-8-15(14)21-18(23)9-10-19-22-16-3-1-2-4-17(16)24-19/h1-4,6-7,11,15H,5,8-10H2,(H,21,23). The van der Waals surface area contributed by atoms with Crippen molar-refractivity contribution in [3.63, 3.8) is 0 Å². The van der Waals surface area contributed by atoms with E-state index in [1.165, 1.54) is 15.8 Å². The van der Waals surface area contributed by atoms with E-state index in [1.54, 1.807) is 11.3 Å². The molecule has 0 fully saturated rings. The zero-order chi connectivity index (χ0) is 16.5. The highest BCUT2D eigenvalue weighted by atomic mass is 35.5. The second-order valence-electron chi connectivity index (χ2n) is 6.08. The molecule has 1 aliphatic carbocycles. The third-order valence-corrected chi connectivity index (χ3v) is 5.75. The van der Waals surface area contributed by atoms with Crippen LogP contribution in [-0.2, 0) is 17.6 Å². The van der Waals surface area contributed by atoms with Crippen LogP contribution in [0.3, 0.4) is 0 Å². The molecule has 0 bridgehead atoms. The Kier molecular flexibility index (Phi) is 4.25. The highest BCUT2D eigenvalue weighted by molar-refractivity contribution is 7.18. The molecule has 0 saturated carbocycles. The second-order valence-corrected chi connectivity index (χ2v) is 7.63. The normalized spacial score (nSPS) is 16.3. The van der Waals surface area contributed by atoms with Crippen molar-refractivity contribution in [1.82, 2.24) is 10.3 Å². The van der Waals surface area contributed by atoms with Gasteiger partial charge in [0.25, 0.3) is 0 Å². The molecule has 3 nitrogen and oxygen atoms in total. The average Bonchev–Trinajstić information content (AvgIpc) is 3.16. The fraction of sp³-hybridized carbons (Fsp3) is 0.263. The molecule has 4 rings (SSSR count). The van der Waals surface area contributed by atoms with Crippen molar-refractivity contribution >= 4 is 39.1 Å². The van der Waals surface area contributed by atoms with Crippen LogP contribution in [-0.4, -0.2) is 10.9 Å². The molecule has 5 heteroatoms. The van der Waals surface area contributed by atoms with Gasteiger partial charge in [0.05, 0.1) is 21.3 Å². The van der Waals surface area contributed by atoms with Crippen molar-refractivity contribution in [2.24, 2.45) is 0 Å². The van der Waals surface area contributed by atoms with E-state index in [9.17, 15) is 4.79 Å². The first-order chi connectivity index (χ1) is 11.7. The number of nitrogens with zero attached hydrogens (tertiary/aromatic N) is 1. The molecule has 0 aliphatic heterocycles. The minimum Gasteiger partial charge on any atom is -0.349 e. The van der Waals surface area contributed by atoms with Gasteiger partial charge in [-0.15, -0.1) is 11.3 Å². The Balaban J connectivity index is 1.37. The maximum absolute atomic E-state index is 12.3. The Labute approximate surface area is 149 Å². The lowest BCUT2D eigenvalue weighted by molar-refractivity contribution is -0.121. The van der Waals surface area contributed by atoms with Crippen molar-refractivity contribution in [2.45, 2.75) is 31.7 Å². The number of benzene rings is 2. The summed E-state index contributed by atoms with van der Waals surface area (Å²) in [6.07, 6.45) is 3.08. The van der Waals surface area contributed by atoms with Crippen LogP contribution in [0, 0.1) is 0 Å². The SMILES string of the molecule is O=C(CCc1nc2ccccc2s1)NC1CCc2cc(Cl)ccc21. The van der Waals surface area contributed by atoms with Gasteiger partial charge >= 0.3 is 0 Å². The number of fused-ring (bicyclic) bond motifs is 2. The largest absolute Gasteiger partial charge is 0.349 e. The number of nitrogens with one attached hydrogen (secondary N) is 1. The lowest BCUT2D eigenvalue weighted by Gasteiger charge is -2.14. The number of hydrogen-bond acceptors (Lipinski definition) is 3. The number of amides is 1. The number of aromatic nitrogens is 1. The molecule has 1 aliphatic rings. The van der Waals surface area contributed by atoms with E-state index in [1.807, 2.05) is 36.4 Å². The van der Waals surface area contributed by atoms with Crippen LogP contribution in [0.1, 0.15) is 35.0 Å². The van der Waals surface area contributed by atoms with Crippen molar-refractivity contribution in [1.29, 1.82) is 0 Å². The summed E-state index contributed by atoms with van der Waals surface area (Å²) in [4.78, 5) is 16.9. The molecule has 0 spiro atoms. The molecule has 1 heterocycles. The van der Waals surface area contributed by atoms with Gasteiger partial charge in [-0.3, -0.25) is 4.79 Å². The van der Waals surface area contributed by atoms with Crippen LogP contribution < -0.4 is 5.32 Å². The number of carbonyl (C=O) groups excluding carboxylic acids is 1. The fourth-order valence-electron chi connectivity index (χ4n) is 3.25. The van der Waals surface area contributed by atoms with E-state index in [0.717, 1.165) is 28.4 Å². The third-order valence-electron chi connectivity index (χ3n) is 4.42. The predicted molar refractivity (Wildman–Crippen MR) is 98.6 cm³/mol. The number of carbonyl (C=O) groups is 1. The molecular weight excluding hydrogens is 340 g/mol. The van der Waals surface area contributed by atoms with E-state index < -0.39 is 0 Å². The molecule has 1 aromatic heterocycles. The molecular formula is C19H17ClN2OS. The molecule has 1 atom stereocenters. The highest BCUT2D eigenvalue weighted by Crippen LogP contribution is 2.33. The van der Waals surface area contributed by atoms with Crippen LogP contribution >= 0.6 is 22.9 Å². The molecule has 1 amide bonds. The highest BCUT2D eigenvalue weighted by Gasteiger charge is 2.23. The third kappa shape index (κ3) is 3.17. The molecule has 122 valence electrons. The fourth-order valence-corrected chi connectivity index (χ4v) is 4.41. The number of aryl methyl sites for hydroxylation is 2. The maximum atomic E-state index is 12.3. The van der Waals surface area contributed by atoms with Crippen molar-refractivity contribution < 1.29 is 4.79 Å². The van der Waals surface area contributed by atoms with Crippen molar-refractivity contribution in [3.05, 3.63) is 63.6 Å². The quantitative estimate of drug-likeness (QED) is 0.737. The number of para-hydroxylation sites is 1. The van der Waals surface area contributed by atoms with E-state index in [-0.39, 0.29) is 11.9 Å². The second kappa shape index (κ2) is 6.54. The van der Waals surface area contributed by atoms with Crippen LogP contribution in [0.4, 0.5) is 0 Å². The monoisotopic (exact) mass is 356 g/mol. The van der Waals surface area contributed by atoms with E-state index in [4.69, 9.17) is 11.6 Å². The minimum absolute atomic E-state index is 0.0852. The van der Waals surface area contributed by atoms with Gasteiger partial charge in [-0.05, 0) is 48.2 Å². The number of thiazole rings is 1. The number of rotatable bonds is 4. The topological polar surface area (TPSA) is 42.0 Å². The first-order valence-corrected chi connectivity index (χ1v) is 9.30. The van der Waals surface area contributed by atoms with Gasteiger partial charge in [-0.1, -0.05) is 29.8 Å². The lowest BCUT2D eigenvalue weighted by Crippen LogP contribution is -2.27. The van der Waals surface area contributed by atoms with Crippen molar-refractivity contribution in [2.75, 3.05) is 0 Å². The van der Waals surface area contributed by atoms with Crippen LogP contribution in [0.5, 0.6) is 0 Å². The lowest BCUT2D eigenvalue weighted by atomic mass is 10.1. The summed E-state index contributed by atoms with van der Waals surface area (Å²) in [5, 5.41) is 4.93. The number of halogens is 1. The molecule has 3 aromatic rings. The summed E-state index contributed by atoms with van der Waals surface area (Å²) in [6, 6.07) is 14.1. The summed E-state index contributed by atoms with van der Waals surface area (Å²) in [5.74, 6) is 0.0852. The van der Waals surface area contributed by atoms with Gasteiger partial charge < -0.3 is 5.32 Å². The Hall–Kier alpha value is -1.91. The summed E-state index contributed by atoms with van der Waals surface area (Å²) < 4.78 is 1.18. The predicted octanol–water partition coefficient (Wildman–Crippen LogP) is 4.69. The molecule has 2 aromatic carbocycles. The average molecular weight is 357 g/mol. The Morgan fingerprint density at radius 3 is 3.04 bits per heavy atom. The smallest absolute Gasteiger partial charge is 0.220 e. The Morgan fingerprint density at radius 2 is 2.17 bits per heavy atom. The number of hydrogen-bond donors (Lipinski definition) is 1. The zero-order valence-electron chi connectivity index (χ0n) is 13.1. The van der Waals surface area contributed by atoms with Crippen molar-refractivity contribution in [3.8, 4) is 0 Å². The molecule has 24 heavy (non-hydrogen) atoms. The summed E-state index contributed by atoms with van der Waals surface area (Å²) in [6.45, 7) is 0. The summed E-state index contributed by atoms with van der Waals surface area (Å²) in [5.41, 5.74) is 3.46. The van der Waals surface area contributed by atoms with E-state index in [2.05, 4.69) is 16.4 Å². The minimum atomic E-state index is 0.0852. The maximum Gasteiger partial charge on any atom is 0.220 e. The Bertz CT molecular complexity index is 872. The molecule has 1 unspecified atom stereocenters. The van der Waals surface area contributed by atoms with Crippen LogP contribution in [0.25, 0.3) is 10.2 Å². The molecule has 0 saturated heterocycles. The van der Waals surface area contributed by atoms with Gasteiger partial charge in [-0.2, -0.15) is 0 Å². The first kappa shape index (κ1) is 15.6. The van der Waals surface area contributed by atoms with Gasteiger partial charge in [0.1, 0.15) is 0 Å². The van der Waals surface area contributed by atoms with E-state index >= 15 is 0 Å². The van der Waals surface area contributed by atoms with Crippen LogP contribution in [0.15, 0.2) is 42.5 Å². The summed E-state index contributed by atoms with van der Waals surface area (Å²) >= 11 is 7.70. The zero-order valence-corrected chi connectivity index (χ0v) is 14.7. The van der Waals surface area contributed by atoms with E-state index in [0.29, 0.717) is 12.8 Å². The van der Waals surface area contributed by atoms with Crippen LogP contribution in [0.2, 0.25) is 5.02 Å². The molecule has 0 radical (unpaired) electrons. The van der Waals surface area contributed by atoms with Gasteiger partial charge in [0.2, 0.25) is 5.91 Å². The Morgan fingerprint density at radius 1 is 1.29 bits per heavy atom. The first-order valence-electron chi connectivity index (χ1n) is 8.11. The molecule has 1 N–H and O–H groups in total. The van der Waals surface area contributed by atoms with Gasteiger partial charge in [0.15, 0.2) is 0 Å².